The maximum absolute atomic E-state index is 12.5. The first-order chi connectivity index (χ1) is 12.2. The SMILES string of the molecule is NC(CONC(=O)[C@@H]1CC2(CC2)[C@@H]2CN1C(=O)N2OS(=O)(=O)O)C1CC1. The number of piperidine rings is 1. The molecule has 3 atom stereocenters. The molecule has 4 aliphatic rings. The predicted octanol–water partition coefficient (Wildman–Crippen LogP) is -0.835. The van der Waals surface area contributed by atoms with Crippen LogP contribution in [0.25, 0.3) is 0 Å². The molecule has 2 bridgehead atoms. The van der Waals surface area contributed by atoms with Crippen LogP contribution in [0.4, 0.5) is 4.79 Å². The third kappa shape index (κ3) is 3.27. The number of hydroxylamine groups is 3. The average molecular weight is 390 g/mol. The molecule has 1 spiro atoms. The van der Waals surface area contributed by atoms with Crippen LogP contribution in [0.2, 0.25) is 0 Å². The van der Waals surface area contributed by atoms with Crippen molar-refractivity contribution in [1.29, 1.82) is 0 Å². The highest BCUT2D eigenvalue weighted by Gasteiger charge is 2.65. The summed E-state index contributed by atoms with van der Waals surface area (Å²) in [5.41, 5.74) is 7.89. The number of carbonyl (C=O) groups excluding carboxylic acids is 2. The van der Waals surface area contributed by atoms with Gasteiger partial charge in [0.25, 0.3) is 5.91 Å². The second kappa shape index (κ2) is 6.02. The third-order valence-electron chi connectivity index (χ3n) is 5.82. The monoisotopic (exact) mass is 390 g/mol. The van der Waals surface area contributed by atoms with E-state index in [9.17, 15) is 18.0 Å². The highest BCUT2D eigenvalue weighted by atomic mass is 32.3. The molecule has 4 fully saturated rings. The Morgan fingerprint density at radius 2 is 2.12 bits per heavy atom. The molecule has 2 aliphatic heterocycles. The number of nitrogens with zero attached hydrogens (tertiary/aromatic N) is 2. The van der Waals surface area contributed by atoms with Gasteiger partial charge in [-0.1, -0.05) is 0 Å². The molecule has 3 amide bonds. The fourth-order valence-corrected chi connectivity index (χ4v) is 4.36. The maximum Gasteiger partial charge on any atom is 0.418 e. The zero-order valence-electron chi connectivity index (χ0n) is 14.0. The highest BCUT2D eigenvalue weighted by Crippen LogP contribution is 2.59. The molecule has 4 rings (SSSR count). The Morgan fingerprint density at radius 1 is 1.42 bits per heavy atom. The Labute approximate surface area is 150 Å². The summed E-state index contributed by atoms with van der Waals surface area (Å²) in [7, 11) is -4.83. The van der Waals surface area contributed by atoms with Crippen LogP contribution >= 0.6 is 0 Å². The molecule has 12 heteroatoms. The smallest absolute Gasteiger partial charge is 0.325 e. The number of urea groups is 1. The van der Waals surface area contributed by atoms with Crippen molar-refractivity contribution in [3.8, 4) is 0 Å². The Hall–Kier alpha value is -1.47. The third-order valence-corrected chi connectivity index (χ3v) is 6.16. The van der Waals surface area contributed by atoms with Gasteiger partial charge in [0.2, 0.25) is 0 Å². The van der Waals surface area contributed by atoms with E-state index in [1.807, 2.05) is 0 Å². The zero-order chi connectivity index (χ0) is 18.7. The Kier molecular flexibility index (Phi) is 4.15. The predicted molar refractivity (Wildman–Crippen MR) is 85.2 cm³/mol. The zero-order valence-corrected chi connectivity index (χ0v) is 14.9. The van der Waals surface area contributed by atoms with Crippen molar-refractivity contribution in [2.75, 3.05) is 13.2 Å². The van der Waals surface area contributed by atoms with Crippen LogP contribution in [-0.2, 0) is 24.3 Å². The minimum absolute atomic E-state index is 0.132. The number of nitrogens with one attached hydrogen (secondary N) is 1. The summed E-state index contributed by atoms with van der Waals surface area (Å²) in [6.45, 7) is 0.358. The van der Waals surface area contributed by atoms with Gasteiger partial charge in [-0.2, -0.15) is 13.5 Å². The van der Waals surface area contributed by atoms with Crippen LogP contribution in [0.5, 0.6) is 0 Å². The first kappa shape index (κ1) is 17.9. The summed E-state index contributed by atoms with van der Waals surface area (Å²) < 4.78 is 35.5. The standard InChI is InChI=1S/C14H22N4O7S/c15-9(8-1-2-8)7-24-16-12(19)10-5-14(3-4-14)11-6-17(10)13(20)18(11)25-26(21,22)23/h8-11H,1-7,15H2,(H,16,19)(H,21,22,23)/t9?,10-,11-/m0/s1. The maximum atomic E-state index is 12.5. The van der Waals surface area contributed by atoms with E-state index >= 15 is 0 Å². The van der Waals surface area contributed by atoms with E-state index in [2.05, 4.69) is 9.76 Å². The molecule has 0 aromatic carbocycles. The molecule has 146 valence electrons. The van der Waals surface area contributed by atoms with Gasteiger partial charge < -0.3 is 10.6 Å². The first-order valence-electron chi connectivity index (χ1n) is 8.64. The fraction of sp³-hybridized carbons (Fsp3) is 0.857. The van der Waals surface area contributed by atoms with Gasteiger partial charge in [0.15, 0.2) is 0 Å². The summed E-state index contributed by atoms with van der Waals surface area (Å²) in [5.74, 6) is -0.0388. The number of nitrogens with two attached hydrogens (primary N) is 1. The van der Waals surface area contributed by atoms with Crippen molar-refractivity contribution in [3.63, 3.8) is 0 Å². The van der Waals surface area contributed by atoms with Crippen molar-refractivity contribution in [3.05, 3.63) is 0 Å². The van der Waals surface area contributed by atoms with E-state index in [1.165, 1.54) is 4.90 Å². The van der Waals surface area contributed by atoms with Gasteiger partial charge in [-0.15, -0.1) is 4.28 Å². The minimum Gasteiger partial charge on any atom is -0.325 e. The van der Waals surface area contributed by atoms with Gasteiger partial charge in [-0.3, -0.25) is 14.2 Å². The molecule has 0 aromatic rings. The fourth-order valence-electron chi connectivity index (χ4n) is 3.99. The average Bonchev–Trinajstić information content (AvgIpc) is 3.46. The highest BCUT2D eigenvalue weighted by molar-refractivity contribution is 7.80. The Bertz CT molecular complexity index is 721. The lowest BCUT2D eigenvalue weighted by Crippen LogP contribution is -2.53. The van der Waals surface area contributed by atoms with Crippen molar-refractivity contribution in [2.45, 2.75) is 50.2 Å². The molecule has 1 unspecified atom stereocenters. The van der Waals surface area contributed by atoms with E-state index in [4.69, 9.17) is 15.1 Å². The molecular formula is C14H22N4O7S. The van der Waals surface area contributed by atoms with Crippen molar-refractivity contribution in [2.24, 2.45) is 17.1 Å². The van der Waals surface area contributed by atoms with Gasteiger partial charge >= 0.3 is 16.4 Å². The van der Waals surface area contributed by atoms with Crippen molar-refractivity contribution >= 4 is 22.3 Å². The summed E-state index contributed by atoms with van der Waals surface area (Å²) in [6.07, 6.45) is 4.02. The molecule has 2 saturated carbocycles. The number of fused-ring (bicyclic) bond motifs is 3. The van der Waals surface area contributed by atoms with Crippen LogP contribution in [0.15, 0.2) is 0 Å². The quantitative estimate of drug-likeness (QED) is 0.376. The molecule has 11 nitrogen and oxygen atoms in total. The van der Waals surface area contributed by atoms with Crippen LogP contribution in [-0.4, -0.2) is 66.1 Å². The van der Waals surface area contributed by atoms with Gasteiger partial charge in [0.1, 0.15) is 6.04 Å². The molecule has 0 radical (unpaired) electrons. The number of amides is 3. The van der Waals surface area contributed by atoms with E-state index in [0.717, 1.165) is 25.7 Å². The van der Waals surface area contributed by atoms with Gasteiger partial charge in [0, 0.05) is 12.6 Å². The molecule has 2 heterocycles. The number of hydrogen-bond acceptors (Lipinski definition) is 7. The van der Waals surface area contributed by atoms with Crippen molar-refractivity contribution < 1.29 is 31.7 Å². The summed E-state index contributed by atoms with van der Waals surface area (Å²) in [4.78, 5) is 31.4. The van der Waals surface area contributed by atoms with Crippen molar-refractivity contribution in [1.82, 2.24) is 15.4 Å². The number of carbonyl (C=O) groups is 2. The summed E-state index contributed by atoms with van der Waals surface area (Å²) in [5, 5.41) is 0.680. The van der Waals surface area contributed by atoms with Crippen LogP contribution in [0, 0.1) is 11.3 Å². The summed E-state index contributed by atoms with van der Waals surface area (Å²) in [6, 6.07) is -2.18. The molecule has 2 saturated heterocycles. The molecule has 2 aliphatic carbocycles. The largest absolute Gasteiger partial charge is 0.418 e. The topological polar surface area (TPSA) is 151 Å². The Balaban J connectivity index is 1.42. The summed E-state index contributed by atoms with van der Waals surface area (Å²) >= 11 is 0. The van der Waals surface area contributed by atoms with Gasteiger partial charge in [-0.25, -0.2) is 10.3 Å². The van der Waals surface area contributed by atoms with Gasteiger partial charge in [0.05, 0.1) is 12.6 Å². The second-order valence-electron chi connectivity index (χ2n) is 7.64. The van der Waals surface area contributed by atoms with E-state index in [0.29, 0.717) is 17.4 Å². The molecule has 0 aromatic heterocycles. The van der Waals surface area contributed by atoms with E-state index in [-0.39, 0.29) is 24.6 Å². The van der Waals surface area contributed by atoms with E-state index < -0.39 is 34.4 Å². The van der Waals surface area contributed by atoms with Crippen LogP contribution in [0.1, 0.15) is 32.1 Å². The lowest BCUT2D eigenvalue weighted by molar-refractivity contribution is -0.140. The van der Waals surface area contributed by atoms with E-state index in [1.54, 1.807) is 0 Å². The van der Waals surface area contributed by atoms with Crippen LogP contribution < -0.4 is 11.2 Å². The molecule has 4 N–H and O–H groups in total. The number of rotatable bonds is 7. The Morgan fingerprint density at radius 3 is 2.69 bits per heavy atom. The lowest BCUT2D eigenvalue weighted by Gasteiger charge is -2.35. The molecule has 26 heavy (non-hydrogen) atoms. The first-order valence-corrected chi connectivity index (χ1v) is 10.0. The minimum atomic E-state index is -4.83. The normalized spacial score (nSPS) is 30.6. The lowest BCUT2D eigenvalue weighted by atomic mass is 9.85. The second-order valence-corrected chi connectivity index (χ2v) is 8.64. The van der Waals surface area contributed by atoms with Crippen LogP contribution in [0.3, 0.4) is 0 Å². The molecular weight excluding hydrogens is 368 g/mol. The van der Waals surface area contributed by atoms with Gasteiger partial charge in [-0.05, 0) is 43.4 Å². The number of hydrogen-bond donors (Lipinski definition) is 3.